The molecule has 0 aliphatic carbocycles. The largest absolute Gasteiger partial charge is 0.478 e. The second-order valence-corrected chi connectivity index (χ2v) is 4.52. The molecule has 0 aliphatic heterocycles. The number of carboxylic acids is 2. The fourth-order valence-electron chi connectivity index (χ4n) is 2.42. The first-order valence-electron chi connectivity index (χ1n) is 6.00. The van der Waals surface area contributed by atoms with E-state index in [-0.39, 0.29) is 30.0 Å². The monoisotopic (exact) mass is 273 g/mol. The summed E-state index contributed by atoms with van der Waals surface area (Å²) in [4.78, 5) is 22.6. The van der Waals surface area contributed by atoms with Crippen molar-refractivity contribution in [1.82, 2.24) is 0 Å². The average molecular weight is 273 g/mol. The molecule has 1 radical (unpaired) electrons. The summed E-state index contributed by atoms with van der Waals surface area (Å²) in [6.45, 7) is 0. The fourth-order valence-corrected chi connectivity index (χ4v) is 2.42. The molecule has 3 aromatic carbocycles. The number of aromatic carboxylic acids is 2. The summed E-state index contributed by atoms with van der Waals surface area (Å²) in [5, 5.41) is 21.5. The number of hydrogen-bond acceptors (Lipinski definition) is 2. The van der Waals surface area contributed by atoms with E-state index in [4.69, 9.17) is 5.11 Å². The summed E-state index contributed by atoms with van der Waals surface area (Å²) in [5.74, 6) is -2.47. The second-order valence-electron chi connectivity index (χ2n) is 4.52. The minimum atomic E-state index is -1.24. The van der Waals surface area contributed by atoms with Crippen LogP contribution in [-0.4, -0.2) is 41.0 Å². The first kappa shape index (κ1) is 15.1. The van der Waals surface area contributed by atoms with Gasteiger partial charge in [0.15, 0.2) is 0 Å². The molecule has 5 heteroatoms. The molecule has 0 atom stereocenters. The van der Waals surface area contributed by atoms with Gasteiger partial charge >= 0.3 is 11.9 Å². The van der Waals surface area contributed by atoms with E-state index in [1.807, 2.05) is 30.3 Å². The van der Waals surface area contributed by atoms with Gasteiger partial charge in [-0.25, -0.2) is 9.59 Å². The third kappa shape index (κ3) is 2.51. The van der Waals surface area contributed by atoms with Gasteiger partial charge in [0.05, 0.1) is 11.1 Å². The molecule has 0 saturated carbocycles. The zero-order valence-corrected chi connectivity index (χ0v) is 11.3. The quantitative estimate of drug-likeness (QED) is 0.556. The molecule has 0 bridgehead atoms. The molecule has 99 valence electrons. The van der Waals surface area contributed by atoms with E-state index in [0.717, 1.165) is 10.8 Å². The van der Waals surface area contributed by atoms with Crippen LogP contribution in [0.4, 0.5) is 0 Å². The van der Waals surface area contributed by atoms with Crippen LogP contribution in [0.25, 0.3) is 21.5 Å². The average Bonchev–Trinajstić information content (AvgIpc) is 2.43. The summed E-state index contributed by atoms with van der Waals surface area (Å²) in [6, 6.07) is 14.1. The van der Waals surface area contributed by atoms with E-state index in [2.05, 4.69) is 0 Å². The molecule has 0 fully saturated rings. The number of hydrogen-bond donors (Lipinski definition) is 2. The van der Waals surface area contributed by atoms with Crippen molar-refractivity contribution in [2.75, 3.05) is 0 Å². The van der Waals surface area contributed by atoms with Gasteiger partial charge in [-0.15, -0.1) is 0 Å². The minimum absolute atomic E-state index is 0. The smallest absolute Gasteiger partial charge is 0.337 e. The van der Waals surface area contributed by atoms with Gasteiger partial charge in [0.25, 0.3) is 0 Å². The van der Waals surface area contributed by atoms with Crippen LogP contribution in [0.3, 0.4) is 0 Å². The van der Waals surface area contributed by atoms with Gasteiger partial charge in [0, 0.05) is 18.9 Å². The van der Waals surface area contributed by atoms with E-state index in [1.165, 1.54) is 6.07 Å². The van der Waals surface area contributed by atoms with Gasteiger partial charge in [-0.1, -0.05) is 30.3 Å². The summed E-state index contributed by atoms with van der Waals surface area (Å²) < 4.78 is 0. The van der Waals surface area contributed by atoms with Crippen molar-refractivity contribution in [1.29, 1.82) is 0 Å². The first-order chi connectivity index (χ1) is 9.58. The molecular formula is C16H10LiO4. The molecular weight excluding hydrogens is 263 g/mol. The van der Waals surface area contributed by atoms with Crippen molar-refractivity contribution in [2.24, 2.45) is 0 Å². The van der Waals surface area contributed by atoms with E-state index < -0.39 is 11.9 Å². The van der Waals surface area contributed by atoms with Gasteiger partial charge in [-0.2, -0.15) is 0 Å². The van der Waals surface area contributed by atoms with Crippen LogP contribution in [0.2, 0.25) is 0 Å². The predicted octanol–water partition coefficient (Wildman–Crippen LogP) is 3.01. The van der Waals surface area contributed by atoms with Gasteiger partial charge in [0.1, 0.15) is 0 Å². The standard InChI is InChI=1S/C16H10O4.Li/c17-15(18)12-6-5-11-7-9-3-1-2-4-10(9)8-13(11)14(12)16(19)20;/h1-8H,(H,17,18)(H,19,20);. The van der Waals surface area contributed by atoms with Crippen LogP contribution >= 0.6 is 0 Å². The zero-order chi connectivity index (χ0) is 14.3. The number of rotatable bonds is 2. The van der Waals surface area contributed by atoms with E-state index in [1.54, 1.807) is 12.1 Å². The minimum Gasteiger partial charge on any atom is -0.478 e. The second kappa shape index (κ2) is 5.61. The maximum Gasteiger partial charge on any atom is 0.337 e. The number of carbonyl (C=O) groups is 2. The maximum absolute atomic E-state index is 11.4. The van der Waals surface area contributed by atoms with E-state index in [0.29, 0.717) is 10.8 Å². The van der Waals surface area contributed by atoms with Crippen molar-refractivity contribution in [3.63, 3.8) is 0 Å². The molecule has 0 heterocycles. The third-order valence-corrected chi connectivity index (χ3v) is 3.33. The molecule has 21 heavy (non-hydrogen) atoms. The Balaban J connectivity index is 0.00000161. The van der Waals surface area contributed by atoms with Crippen LogP contribution < -0.4 is 0 Å². The Bertz CT molecular complexity index is 871. The van der Waals surface area contributed by atoms with Crippen LogP contribution in [0, 0.1) is 0 Å². The summed E-state index contributed by atoms with van der Waals surface area (Å²) in [7, 11) is 0. The van der Waals surface area contributed by atoms with Crippen molar-refractivity contribution >= 4 is 52.3 Å². The van der Waals surface area contributed by atoms with Crippen LogP contribution in [0.15, 0.2) is 48.5 Å². The molecule has 0 unspecified atom stereocenters. The molecule has 0 spiro atoms. The van der Waals surface area contributed by atoms with Gasteiger partial charge in [-0.05, 0) is 39.7 Å². The van der Waals surface area contributed by atoms with Crippen molar-refractivity contribution in [2.45, 2.75) is 0 Å². The normalized spacial score (nSPS) is 10.3. The van der Waals surface area contributed by atoms with Crippen LogP contribution in [0.5, 0.6) is 0 Å². The Morgan fingerprint density at radius 1 is 0.762 bits per heavy atom. The van der Waals surface area contributed by atoms with Gasteiger partial charge in [0.2, 0.25) is 0 Å². The third-order valence-electron chi connectivity index (χ3n) is 3.33. The summed E-state index contributed by atoms with van der Waals surface area (Å²) in [6.07, 6.45) is 0. The van der Waals surface area contributed by atoms with Gasteiger partial charge < -0.3 is 10.2 Å². The summed E-state index contributed by atoms with van der Waals surface area (Å²) in [5.41, 5.74) is -0.360. The Kier molecular flexibility index (Phi) is 4.03. The molecule has 3 rings (SSSR count). The van der Waals surface area contributed by atoms with Crippen molar-refractivity contribution in [3.8, 4) is 0 Å². The molecule has 0 amide bonds. The van der Waals surface area contributed by atoms with Crippen molar-refractivity contribution < 1.29 is 19.8 Å². The Morgan fingerprint density at radius 3 is 1.95 bits per heavy atom. The Hall–Kier alpha value is -2.28. The number of carboxylic acid groups (broad SMARTS) is 2. The molecule has 0 aliphatic rings. The number of fused-ring (bicyclic) bond motifs is 2. The molecule has 3 aromatic rings. The molecule has 0 aromatic heterocycles. The zero-order valence-electron chi connectivity index (χ0n) is 11.3. The number of benzene rings is 3. The molecule has 2 N–H and O–H groups in total. The topological polar surface area (TPSA) is 74.6 Å². The molecule has 0 saturated heterocycles. The van der Waals surface area contributed by atoms with Crippen molar-refractivity contribution in [3.05, 3.63) is 59.7 Å². The summed E-state index contributed by atoms with van der Waals surface area (Å²) >= 11 is 0. The SMILES string of the molecule is O=C(O)c1ccc2cc3ccccc3cc2c1C(=O)O.[Li]. The Morgan fingerprint density at radius 2 is 1.38 bits per heavy atom. The maximum atomic E-state index is 11.4. The first-order valence-corrected chi connectivity index (χ1v) is 6.00. The van der Waals surface area contributed by atoms with Crippen LogP contribution in [-0.2, 0) is 0 Å². The van der Waals surface area contributed by atoms with Crippen LogP contribution in [0.1, 0.15) is 20.7 Å². The van der Waals surface area contributed by atoms with E-state index >= 15 is 0 Å². The fraction of sp³-hybridized carbons (Fsp3) is 0. The Labute approximate surface area is 132 Å². The molecule has 4 nitrogen and oxygen atoms in total. The van der Waals surface area contributed by atoms with E-state index in [9.17, 15) is 14.7 Å². The predicted molar refractivity (Wildman–Crippen MR) is 81.1 cm³/mol. The van der Waals surface area contributed by atoms with Gasteiger partial charge in [-0.3, -0.25) is 0 Å².